The fraction of sp³-hybridized carbons (Fsp3) is 0.444. The zero-order valence-electron chi connectivity index (χ0n) is 6.73. The highest BCUT2D eigenvalue weighted by atomic mass is 16.5. The van der Waals surface area contributed by atoms with E-state index in [1.165, 1.54) is 0 Å². The van der Waals surface area contributed by atoms with E-state index < -0.39 is 0 Å². The predicted molar refractivity (Wildman–Crippen MR) is 43.8 cm³/mol. The van der Waals surface area contributed by atoms with E-state index in [2.05, 4.69) is 4.98 Å². The topological polar surface area (TPSA) is 42.4 Å². The number of aromatic nitrogens is 1. The van der Waals surface area contributed by atoms with E-state index in [1.807, 2.05) is 12.1 Å². The summed E-state index contributed by atoms with van der Waals surface area (Å²) in [6.45, 7) is -0.0259. The van der Waals surface area contributed by atoms with Crippen molar-refractivity contribution in [3.8, 4) is 5.88 Å². The summed E-state index contributed by atoms with van der Waals surface area (Å²) in [5.41, 5.74) is 0.660. The molecule has 2 rings (SSSR count). The molecule has 0 radical (unpaired) electrons. The molecule has 1 aliphatic rings. The number of hydrogen-bond acceptors (Lipinski definition) is 3. The molecule has 12 heavy (non-hydrogen) atoms. The van der Waals surface area contributed by atoms with Gasteiger partial charge < -0.3 is 9.84 Å². The molecular weight excluding hydrogens is 154 g/mol. The van der Waals surface area contributed by atoms with Crippen LogP contribution in [0.25, 0.3) is 0 Å². The molecule has 0 amide bonds. The summed E-state index contributed by atoms with van der Waals surface area (Å²) < 4.78 is 5.45. The second-order valence-electron chi connectivity index (χ2n) is 2.94. The van der Waals surface area contributed by atoms with Gasteiger partial charge in [-0.15, -0.1) is 0 Å². The molecule has 0 aliphatic heterocycles. The Hall–Kier alpha value is -1.09. The number of nitrogens with zero attached hydrogens (tertiary/aromatic N) is 1. The Labute approximate surface area is 71.0 Å². The van der Waals surface area contributed by atoms with E-state index in [0.717, 1.165) is 12.8 Å². The van der Waals surface area contributed by atoms with Crippen molar-refractivity contribution in [1.82, 2.24) is 4.98 Å². The van der Waals surface area contributed by atoms with Crippen LogP contribution in [0.5, 0.6) is 5.88 Å². The third-order valence-corrected chi connectivity index (χ3v) is 1.76. The van der Waals surface area contributed by atoms with Gasteiger partial charge in [-0.1, -0.05) is 6.07 Å². The number of aliphatic hydroxyl groups excluding tert-OH is 1. The van der Waals surface area contributed by atoms with Crippen LogP contribution in [-0.4, -0.2) is 16.2 Å². The minimum Gasteiger partial charge on any atom is -0.474 e. The summed E-state index contributed by atoms with van der Waals surface area (Å²) in [4.78, 5) is 4.10. The number of ether oxygens (including phenoxy) is 1. The van der Waals surface area contributed by atoms with Crippen molar-refractivity contribution in [3.63, 3.8) is 0 Å². The van der Waals surface area contributed by atoms with Crippen molar-refractivity contribution in [2.75, 3.05) is 0 Å². The van der Waals surface area contributed by atoms with Gasteiger partial charge in [0.25, 0.3) is 0 Å². The molecule has 1 heterocycles. The molecule has 3 heteroatoms. The Morgan fingerprint density at radius 2 is 2.33 bits per heavy atom. The van der Waals surface area contributed by atoms with E-state index >= 15 is 0 Å². The minimum absolute atomic E-state index is 0.0259. The molecule has 64 valence electrons. The van der Waals surface area contributed by atoms with Gasteiger partial charge in [-0.05, 0) is 18.9 Å². The number of pyridine rings is 1. The highest BCUT2D eigenvalue weighted by Gasteiger charge is 2.23. The number of rotatable bonds is 3. The van der Waals surface area contributed by atoms with Gasteiger partial charge in [0.15, 0.2) is 0 Å². The smallest absolute Gasteiger partial charge is 0.213 e. The van der Waals surface area contributed by atoms with E-state index in [0.29, 0.717) is 17.7 Å². The predicted octanol–water partition coefficient (Wildman–Crippen LogP) is 1.12. The van der Waals surface area contributed by atoms with Crippen LogP contribution >= 0.6 is 0 Å². The molecule has 1 saturated carbocycles. The molecule has 0 bridgehead atoms. The van der Waals surface area contributed by atoms with Gasteiger partial charge in [0.05, 0.1) is 12.3 Å². The molecule has 1 aromatic heterocycles. The molecule has 1 aromatic rings. The molecule has 1 N–H and O–H groups in total. The van der Waals surface area contributed by atoms with Gasteiger partial charge in [-0.3, -0.25) is 0 Å². The average molecular weight is 165 g/mol. The summed E-state index contributed by atoms with van der Waals surface area (Å²) in [7, 11) is 0. The van der Waals surface area contributed by atoms with Gasteiger partial charge in [0.1, 0.15) is 6.10 Å². The van der Waals surface area contributed by atoms with Crippen molar-refractivity contribution in [2.24, 2.45) is 0 Å². The van der Waals surface area contributed by atoms with Crippen LogP contribution in [-0.2, 0) is 6.61 Å². The molecule has 0 aromatic carbocycles. The molecule has 0 saturated heterocycles. The lowest BCUT2D eigenvalue weighted by Gasteiger charge is -2.03. The first kappa shape index (κ1) is 7.55. The zero-order valence-corrected chi connectivity index (χ0v) is 6.73. The van der Waals surface area contributed by atoms with Gasteiger partial charge in [0, 0.05) is 6.07 Å². The van der Waals surface area contributed by atoms with E-state index in [1.54, 1.807) is 6.07 Å². The first-order chi connectivity index (χ1) is 5.88. The Balaban J connectivity index is 2.08. The normalized spacial score (nSPS) is 16.1. The summed E-state index contributed by atoms with van der Waals surface area (Å²) >= 11 is 0. The van der Waals surface area contributed by atoms with Crippen LogP contribution in [0, 0.1) is 0 Å². The third-order valence-electron chi connectivity index (χ3n) is 1.76. The molecule has 1 fully saturated rings. The summed E-state index contributed by atoms with van der Waals surface area (Å²) in [5.74, 6) is 0.629. The van der Waals surface area contributed by atoms with Crippen molar-refractivity contribution >= 4 is 0 Å². The Morgan fingerprint density at radius 1 is 1.50 bits per heavy atom. The highest BCUT2D eigenvalue weighted by molar-refractivity contribution is 5.16. The minimum atomic E-state index is -0.0259. The molecule has 0 atom stereocenters. The molecule has 0 spiro atoms. The van der Waals surface area contributed by atoms with Crippen LogP contribution in [0.4, 0.5) is 0 Å². The van der Waals surface area contributed by atoms with Crippen LogP contribution in [0.3, 0.4) is 0 Å². The first-order valence-corrected chi connectivity index (χ1v) is 4.12. The summed E-state index contributed by atoms with van der Waals surface area (Å²) in [5, 5.41) is 8.79. The molecule has 0 unspecified atom stereocenters. The van der Waals surface area contributed by atoms with Gasteiger partial charge in [-0.25, -0.2) is 4.98 Å². The molecule has 3 nitrogen and oxygen atoms in total. The highest BCUT2D eigenvalue weighted by Crippen LogP contribution is 2.25. The third kappa shape index (κ3) is 1.74. The SMILES string of the molecule is OCc1cccc(OC2CC2)n1. The maximum Gasteiger partial charge on any atom is 0.213 e. The van der Waals surface area contributed by atoms with Gasteiger partial charge >= 0.3 is 0 Å². The Bertz CT molecular complexity index is 271. The molecule has 1 aliphatic carbocycles. The quantitative estimate of drug-likeness (QED) is 0.729. The second kappa shape index (κ2) is 3.11. The van der Waals surface area contributed by atoms with Crippen LogP contribution in [0.1, 0.15) is 18.5 Å². The van der Waals surface area contributed by atoms with E-state index in [-0.39, 0.29) is 6.61 Å². The lowest BCUT2D eigenvalue weighted by molar-refractivity contribution is 0.265. The maximum absolute atomic E-state index is 8.79. The van der Waals surface area contributed by atoms with Crippen molar-refractivity contribution in [2.45, 2.75) is 25.6 Å². The number of hydrogen-bond donors (Lipinski definition) is 1. The van der Waals surface area contributed by atoms with Crippen LogP contribution < -0.4 is 4.74 Å². The van der Waals surface area contributed by atoms with E-state index in [4.69, 9.17) is 9.84 Å². The molecular formula is C9H11NO2. The van der Waals surface area contributed by atoms with Crippen molar-refractivity contribution in [1.29, 1.82) is 0 Å². The number of aliphatic hydroxyl groups is 1. The van der Waals surface area contributed by atoms with Crippen molar-refractivity contribution in [3.05, 3.63) is 23.9 Å². The standard InChI is InChI=1S/C9H11NO2/c11-6-7-2-1-3-9(10-7)12-8-4-5-8/h1-3,8,11H,4-6H2. The van der Waals surface area contributed by atoms with Gasteiger partial charge in [-0.2, -0.15) is 0 Å². The maximum atomic E-state index is 8.79. The average Bonchev–Trinajstić information content (AvgIpc) is 2.89. The lowest BCUT2D eigenvalue weighted by atomic mass is 10.4. The van der Waals surface area contributed by atoms with Crippen molar-refractivity contribution < 1.29 is 9.84 Å². The zero-order chi connectivity index (χ0) is 8.39. The fourth-order valence-corrected chi connectivity index (χ4v) is 0.968. The summed E-state index contributed by atoms with van der Waals surface area (Å²) in [6.07, 6.45) is 2.63. The van der Waals surface area contributed by atoms with Crippen LogP contribution in [0.15, 0.2) is 18.2 Å². The summed E-state index contributed by atoms with van der Waals surface area (Å²) in [6, 6.07) is 5.44. The monoisotopic (exact) mass is 165 g/mol. The Kier molecular flexibility index (Phi) is 1.96. The Morgan fingerprint density at radius 3 is 3.00 bits per heavy atom. The van der Waals surface area contributed by atoms with Crippen LogP contribution in [0.2, 0.25) is 0 Å². The second-order valence-corrected chi connectivity index (χ2v) is 2.94. The van der Waals surface area contributed by atoms with E-state index in [9.17, 15) is 0 Å². The lowest BCUT2D eigenvalue weighted by Crippen LogP contribution is -1.99. The fourth-order valence-electron chi connectivity index (χ4n) is 0.968. The van der Waals surface area contributed by atoms with Gasteiger partial charge in [0.2, 0.25) is 5.88 Å². The first-order valence-electron chi connectivity index (χ1n) is 4.12. The largest absolute Gasteiger partial charge is 0.474 e.